The summed E-state index contributed by atoms with van der Waals surface area (Å²) in [5.41, 5.74) is 1.96. The first kappa shape index (κ1) is 11.4. The molecule has 0 aliphatic rings. The molecule has 4 heteroatoms. The molecule has 88 valence electrons. The third kappa shape index (κ3) is 2.93. The minimum absolute atomic E-state index is 0.179. The molecule has 0 amide bonds. The monoisotopic (exact) mass is 230 g/mol. The van der Waals surface area contributed by atoms with Gasteiger partial charge in [0.05, 0.1) is 5.69 Å². The van der Waals surface area contributed by atoms with Crippen LogP contribution in [0.25, 0.3) is 5.69 Å². The fourth-order valence-electron chi connectivity index (χ4n) is 1.43. The molecule has 0 saturated carbocycles. The zero-order chi connectivity index (χ0) is 12.1. The summed E-state index contributed by atoms with van der Waals surface area (Å²) in [6.45, 7) is 2.11. The third-order valence-electron chi connectivity index (χ3n) is 2.39. The summed E-state index contributed by atoms with van der Waals surface area (Å²) in [7, 11) is 0. The summed E-state index contributed by atoms with van der Waals surface area (Å²) in [5, 5.41) is 4.13. The summed E-state index contributed by atoms with van der Waals surface area (Å²) in [5.74, 6) is -0.179. The van der Waals surface area contributed by atoms with E-state index in [4.69, 9.17) is 4.74 Å². The molecule has 2 aromatic rings. The van der Waals surface area contributed by atoms with E-state index in [1.165, 1.54) is 0 Å². The second-order valence-corrected chi connectivity index (χ2v) is 3.63. The largest absolute Gasteiger partial charge is 0.461 e. The molecule has 0 unspecified atom stereocenters. The molecule has 0 fully saturated rings. The van der Waals surface area contributed by atoms with Crippen molar-refractivity contribution in [1.29, 1.82) is 0 Å². The molecule has 1 aromatic carbocycles. The molecule has 1 aromatic heterocycles. The molecule has 0 bridgehead atoms. The summed E-state index contributed by atoms with van der Waals surface area (Å²) in [6.07, 6.45) is 4.02. The number of benzene rings is 1. The van der Waals surface area contributed by atoms with Crippen molar-refractivity contribution in [2.75, 3.05) is 0 Å². The summed E-state index contributed by atoms with van der Waals surface area (Å²) >= 11 is 0. The molecule has 17 heavy (non-hydrogen) atoms. The van der Waals surface area contributed by atoms with Crippen LogP contribution in [0.1, 0.15) is 18.9 Å². The molecule has 0 spiro atoms. The zero-order valence-corrected chi connectivity index (χ0v) is 9.67. The first-order valence-electron chi connectivity index (χ1n) is 5.54. The molecule has 4 nitrogen and oxygen atoms in total. The van der Waals surface area contributed by atoms with Crippen LogP contribution in [0.2, 0.25) is 0 Å². The summed E-state index contributed by atoms with van der Waals surface area (Å²) < 4.78 is 6.83. The van der Waals surface area contributed by atoms with Gasteiger partial charge in [0, 0.05) is 18.8 Å². The maximum absolute atomic E-state index is 11.0. The van der Waals surface area contributed by atoms with Gasteiger partial charge in [0.2, 0.25) is 0 Å². The van der Waals surface area contributed by atoms with Gasteiger partial charge >= 0.3 is 5.97 Å². The van der Waals surface area contributed by atoms with Gasteiger partial charge < -0.3 is 4.74 Å². The van der Waals surface area contributed by atoms with Crippen LogP contribution >= 0.6 is 0 Å². The average molecular weight is 230 g/mol. The Labute approximate surface area is 99.8 Å². The zero-order valence-electron chi connectivity index (χ0n) is 9.67. The number of hydrogen-bond acceptors (Lipinski definition) is 3. The fraction of sp³-hybridized carbons (Fsp3) is 0.231. The van der Waals surface area contributed by atoms with Gasteiger partial charge in [-0.05, 0) is 23.8 Å². The quantitative estimate of drug-likeness (QED) is 0.757. The van der Waals surface area contributed by atoms with E-state index in [0.29, 0.717) is 13.0 Å². The van der Waals surface area contributed by atoms with Crippen molar-refractivity contribution in [2.45, 2.75) is 20.0 Å². The number of carbonyl (C=O) groups is 1. The van der Waals surface area contributed by atoms with Crippen molar-refractivity contribution in [3.05, 3.63) is 48.3 Å². The van der Waals surface area contributed by atoms with Gasteiger partial charge in [0.25, 0.3) is 0 Å². The maximum Gasteiger partial charge on any atom is 0.305 e. The van der Waals surface area contributed by atoms with E-state index < -0.39 is 0 Å². The van der Waals surface area contributed by atoms with Gasteiger partial charge in [-0.15, -0.1) is 0 Å². The van der Waals surface area contributed by atoms with Gasteiger partial charge in [0.1, 0.15) is 6.61 Å². The standard InChI is InChI=1S/C13H14N2O2/c1-2-13(16)17-10-11-4-6-12(7-5-11)15-9-3-8-14-15/h3-9H,2,10H2,1H3. The minimum atomic E-state index is -0.179. The Morgan fingerprint density at radius 3 is 2.71 bits per heavy atom. The lowest BCUT2D eigenvalue weighted by molar-refractivity contribution is -0.144. The van der Waals surface area contributed by atoms with Crippen LogP contribution in [0.15, 0.2) is 42.7 Å². The number of ether oxygens (including phenoxy) is 1. The molecule has 0 atom stereocenters. The van der Waals surface area contributed by atoms with Crippen molar-refractivity contribution in [2.24, 2.45) is 0 Å². The predicted octanol–water partition coefficient (Wildman–Crippen LogP) is 2.33. The molecular weight excluding hydrogens is 216 g/mol. The Balaban J connectivity index is 2.01. The number of esters is 1. The summed E-state index contributed by atoms with van der Waals surface area (Å²) in [4.78, 5) is 11.0. The summed E-state index contributed by atoms with van der Waals surface area (Å²) in [6, 6.07) is 9.63. The Morgan fingerprint density at radius 1 is 1.35 bits per heavy atom. The van der Waals surface area contributed by atoms with Crippen LogP contribution in [0, 0.1) is 0 Å². The number of hydrogen-bond donors (Lipinski definition) is 0. The molecular formula is C13H14N2O2. The van der Waals surface area contributed by atoms with Crippen molar-refractivity contribution in [3.8, 4) is 5.69 Å². The van der Waals surface area contributed by atoms with Crippen molar-refractivity contribution in [3.63, 3.8) is 0 Å². The van der Waals surface area contributed by atoms with E-state index in [-0.39, 0.29) is 5.97 Å². The Bertz CT molecular complexity index is 475. The van der Waals surface area contributed by atoms with E-state index in [1.54, 1.807) is 17.8 Å². The topological polar surface area (TPSA) is 44.1 Å². The van der Waals surface area contributed by atoms with Gasteiger partial charge in [-0.2, -0.15) is 5.10 Å². The molecule has 0 aliphatic carbocycles. The second kappa shape index (κ2) is 5.30. The molecule has 2 rings (SSSR count). The Hall–Kier alpha value is -2.10. The highest BCUT2D eigenvalue weighted by atomic mass is 16.5. The van der Waals surface area contributed by atoms with Crippen molar-refractivity contribution in [1.82, 2.24) is 9.78 Å². The molecule has 0 radical (unpaired) electrons. The van der Waals surface area contributed by atoms with Crippen LogP contribution in [0.3, 0.4) is 0 Å². The number of aromatic nitrogens is 2. The van der Waals surface area contributed by atoms with Gasteiger partial charge in [-0.1, -0.05) is 19.1 Å². The second-order valence-electron chi connectivity index (χ2n) is 3.63. The Morgan fingerprint density at radius 2 is 2.12 bits per heavy atom. The first-order chi connectivity index (χ1) is 8.29. The molecule has 0 saturated heterocycles. The van der Waals surface area contributed by atoms with Crippen LogP contribution in [-0.4, -0.2) is 15.7 Å². The van der Waals surface area contributed by atoms with E-state index >= 15 is 0 Å². The van der Waals surface area contributed by atoms with Crippen LogP contribution in [0.5, 0.6) is 0 Å². The van der Waals surface area contributed by atoms with Crippen LogP contribution < -0.4 is 0 Å². The van der Waals surface area contributed by atoms with E-state index in [2.05, 4.69) is 5.10 Å². The predicted molar refractivity (Wildman–Crippen MR) is 63.7 cm³/mol. The van der Waals surface area contributed by atoms with E-state index in [9.17, 15) is 4.79 Å². The van der Waals surface area contributed by atoms with Gasteiger partial charge in [-0.3, -0.25) is 4.79 Å². The third-order valence-corrected chi connectivity index (χ3v) is 2.39. The normalized spacial score (nSPS) is 10.2. The first-order valence-corrected chi connectivity index (χ1v) is 5.54. The van der Waals surface area contributed by atoms with E-state index in [1.807, 2.05) is 36.5 Å². The molecule has 1 heterocycles. The number of nitrogens with zero attached hydrogens (tertiary/aromatic N) is 2. The average Bonchev–Trinajstić information content (AvgIpc) is 2.90. The fourth-order valence-corrected chi connectivity index (χ4v) is 1.43. The smallest absolute Gasteiger partial charge is 0.305 e. The van der Waals surface area contributed by atoms with E-state index in [0.717, 1.165) is 11.3 Å². The highest BCUT2D eigenvalue weighted by molar-refractivity contribution is 5.68. The van der Waals surface area contributed by atoms with Gasteiger partial charge in [-0.25, -0.2) is 4.68 Å². The lowest BCUT2D eigenvalue weighted by Crippen LogP contribution is -2.02. The number of rotatable bonds is 4. The van der Waals surface area contributed by atoms with Crippen LogP contribution in [-0.2, 0) is 16.1 Å². The molecule has 0 aliphatic heterocycles. The van der Waals surface area contributed by atoms with Crippen LogP contribution in [0.4, 0.5) is 0 Å². The number of carbonyl (C=O) groups excluding carboxylic acids is 1. The van der Waals surface area contributed by atoms with Crippen molar-refractivity contribution >= 4 is 5.97 Å². The highest BCUT2D eigenvalue weighted by Crippen LogP contribution is 2.09. The van der Waals surface area contributed by atoms with Gasteiger partial charge in [0.15, 0.2) is 0 Å². The SMILES string of the molecule is CCC(=O)OCc1ccc(-n2cccn2)cc1. The highest BCUT2D eigenvalue weighted by Gasteiger charge is 2.00. The lowest BCUT2D eigenvalue weighted by Gasteiger charge is -2.05. The van der Waals surface area contributed by atoms with Crippen molar-refractivity contribution < 1.29 is 9.53 Å². The Kier molecular flexibility index (Phi) is 3.55. The lowest BCUT2D eigenvalue weighted by atomic mass is 10.2. The molecule has 0 N–H and O–H groups in total. The maximum atomic E-state index is 11.0. The minimum Gasteiger partial charge on any atom is -0.461 e.